The second-order valence-corrected chi connectivity index (χ2v) is 9.99. The molecule has 0 spiro atoms. The van der Waals surface area contributed by atoms with Crippen molar-refractivity contribution in [3.8, 4) is 17.2 Å². The van der Waals surface area contributed by atoms with Gasteiger partial charge in [0.15, 0.2) is 11.5 Å². The average Bonchev–Trinajstić information content (AvgIpc) is 3.50. The van der Waals surface area contributed by atoms with E-state index in [1.807, 2.05) is 37.3 Å². The van der Waals surface area contributed by atoms with Crippen LogP contribution in [0.2, 0.25) is 0 Å². The van der Waals surface area contributed by atoms with E-state index in [9.17, 15) is 13.2 Å². The van der Waals surface area contributed by atoms with Crippen molar-refractivity contribution < 1.29 is 27.4 Å². The summed E-state index contributed by atoms with van der Waals surface area (Å²) in [7, 11) is -2.41. The van der Waals surface area contributed by atoms with Crippen LogP contribution in [0.15, 0.2) is 65.6 Å². The van der Waals surface area contributed by atoms with Crippen LogP contribution in [-0.4, -0.2) is 34.8 Å². The number of sulfonamides is 1. The van der Waals surface area contributed by atoms with Crippen molar-refractivity contribution in [2.24, 2.45) is 0 Å². The fourth-order valence-electron chi connectivity index (χ4n) is 4.25. The van der Waals surface area contributed by atoms with Crippen LogP contribution < -0.4 is 23.8 Å². The Balaban J connectivity index is 1.42. The number of rotatable bonds is 6. The third-order valence-corrected chi connectivity index (χ3v) is 7.90. The highest BCUT2D eigenvalue weighted by molar-refractivity contribution is 7.92. The lowest BCUT2D eigenvalue weighted by molar-refractivity contribution is 0.0936. The van der Waals surface area contributed by atoms with Crippen LogP contribution in [0.25, 0.3) is 0 Å². The Morgan fingerprint density at radius 2 is 1.85 bits per heavy atom. The summed E-state index contributed by atoms with van der Waals surface area (Å²) in [5.74, 6) is 1.12. The minimum absolute atomic E-state index is 0.0332. The molecule has 1 N–H and O–H groups in total. The van der Waals surface area contributed by atoms with Gasteiger partial charge in [0.1, 0.15) is 5.75 Å². The van der Waals surface area contributed by atoms with Gasteiger partial charge in [0, 0.05) is 6.54 Å². The Labute approximate surface area is 198 Å². The van der Waals surface area contributed by atoms with Gasteiger partial charge in [-0.3, -0.25) is 9.10 Å². The van der Waals surface area contributed by atoms with Gasteiger partial charge >= 0.3 is 0 Å². The Bertz CT molecular complexity index is 1370. The predicted molar refractivity (Wildman–Crippen MR) is 126 cm³/mol. The number of hydrogen-bond acceptors (Lipinski definition) is 6. The van der Waals surface area contributed by atoms with Gasteiger partial charge in [0.25, 0.3) is 15.9 Å². The maximum Gasteiger partial charge on any atom is 0.264 e. The summed E-state index contributed by atoms with van der Waals surface area (Å²) < 4.78 is 44.4. The second-order valence-electron chi connectivity index (χ2n) is 8.13. The van der Waals surface area contributed by atoms with Crippen molar-refractivity contribution in [1.82, 2.24) is 5.32 Å². The number of hydrogen-bond donors (Lipinski definition) is 1. The molecule has 1 unspecified atom stereocenters. The zero-order valence-electron chi connectivity index (χ0n) is 18.8. The number of para-hydroxylation sites is 1. The quantitative estimate of drug-likeness (QED) is 0.579. The first-order chi connectivity index (χ1) is 16.4. The Morgan fingerprint density at radius 3 is 2.68 bits per heavy atom. The first-order valence-electron chi connectivity index (χ1n) is 10.9. The molecule has 2 aliphatic heterocycles. The van der Waals surface area contributed by atoms with Crippen LogP contribution in [0.1, 0.15) is 34.5 Å². The van der Waals surface area contributed by atoms with E-state index in [4.69, 9.17) is 14.2 Å². The van der Waals surface area contributed by atoms with Crippen molar-refractivity contribution in [1.29, 1.82) is 0 Å². The second kappa shape index (κ2) is 8.57. The molecule has 0 aliphatic carbocycles. The van der Waals surface area contributed by atoms with Gasteiger partial charge in [-0.25, -0.2) is 8.42 Å². The molecule has 1 amide bonds. The molecule has 0 bridgehead atoms. The fraction of sp³-hybridized carbons (Fsp3) is 0.240. The van der Waals surface area contributed by atoms with Gasteiger partial charge in [0.2, 0.25) is 6.79 Å². The number of carbonyl (C=O) groups excluding carboxylic acids is 1. The van der Waals surface area contributed by atoms with Gasteiger partial charge in [-0.05, 0) is 60.9 Å². The van der Waals surface area contributed by atoms with Crippen molar-refractivity contribution >= 4 is 21.6 Å². The molecule has 3 aromatic carbocycles. The first kappa shape index (κ1) is 22.1. The van der Waals surface area contributed by atoms with Gasteiger partial charge in [-0.2, -0.15) is 0 Å². The van der Waals surface area contributed by atoms with E-state index in [-0.39, 0.29) is 29.0 Å². The number of anilines is 1. The summed E-state index contributed by atoms with van der Waals surface area (Å²) in [5, 5.41) is 2.92. The van der Waals surface area contributed by atoms with Crippen molar-refractivity contribution in [2.45, 2.75) is 24.3 Å². The molecule has 0 saturated carbocycles. The molecule has 0 radical (unpaired) electrons. The number of ether oxygens (including phenoxy) is 3. The topological polar surface area (TPSA) is 94.2 Å². The summed E-state index contributed by atoms with van der Waals surface area (Å²) in [6.07, 6.45) is 0.645. The number of nitrogens with zero attached hydrogens (tertiary/aromatic N) is 1. The Hall–Kier alpha value is -3.72. The standard InChI is InChI=1S/C25H24N2O6S/c1-16(18-7-9-23-24(13-18)33-15-32-23)26-25(28)20-14-19(8-10-22(20)31-2)34(29,30)27-12-11-17-5-3-4-6-21(17)27/h3-10,13-14,16H,11-12,15H2,1-2H3,(H,26,28). The lowest BCUT2D eigenvalue weighted by atomic mass is 10.1. The number of fused-ring (bicyclic) bond motifs is 2. The summed E-state index contributed by atoms with van der Waals surface area (Å²) in [4.78, 5) is 13.2. The smallest absolute Gasteiger partial charge is 0.264 e. The van der Waals surface area contributed by atoms with E-state index in [1.165, 1.54) is 29.6 Å². The monoisotopic (exact) mass is 480 g/mol. The summed E-state index contributed by atoms with van der Waals surface area (Å²) in [6, 6.07) is 16.9. The Kier molecular flexibility index (Phi) is 5.57. The maximum absolute atomic E-state index is 13.5. The SMILES string of the molecule is COc1ccc(S(=O)(=O)N2CCc3ccccc32)cc1C(=O)NC(C)c1ccc2c(c1)OCO2. The zero-order chi connectivity index (χ0) is 23.9. The van der Waals surface area contributed by atoms with Crippen LogP contribution in [0.4, 0.5) is 5.69 Å². The van der Waals surface area contributed by atoms with E-state index in [0.29, 0.717) is 30.2 Å². The minimum atomic E-state index is -3.85. The molecule has 2 heterocycles. The molecular weight excluding hydrogens is 456 g/mol. The van der Waals surface area contributed by atoms with E-state index < -0.39 is 15.9 Å². The molecule has 5 rings (SSSR count). The first-order valence-corrected chi connectivity index (χ1v) is 12.3. The Morgan fingerprint density at radius 1 is 1.06 bits per heavy atom. The van der Waals surface area contributed by atoms with Crippen molar-refractivity contribution in [3.05, 3.63) is 77.4 Å². The highest BCUT2D eigenvalue weighted by Crippen LogP contribution is 2.35. The molecule has 8 nitrogen and oxygen atoms in total. The van der Waals surface area contributed by atoms with Gasteiger partial charge in [-0.15, -0.1) is 0 Å². The highest BCUT2D eigenvalue weighted by atomic mass is 32.2. The van der Waals surface area contributed by atoms with E-state index in [1.54, 1.807) is 12.1 Å². The number of benzene rings is 3. The molecule has 2 aliphatic rings. The molecule has 3 aromatic rings. The molecule has 176 valence electrons. The predicted octanol–water partition coefficient (Wildman–Crippen LogP) is 3.67. The fourth-order valence-corrected chi connectivity index (χ4v) is 5.78. The molecule has 9 heteroatoms. The van der Waals surface area contributed by atoms with E-state index >= 15 is 0 Å². The van der Waals surface area contributed by atoms with Crippen LogP contribution in [-0.2, 0) is 16.4 Å². The molecule has 0 aromatic heterocycles. The highest BCUT2D eigenvalue weighted by Gasteiger charge is 2.32. The largest absolute Gasteiger partial charge is 0.496 e. The molecule has 0 fully saturated rings. The van der Waals surface area contributed by atoms with Gasteiger partial charge < -0.3 is 19.5 Å². The summed E-state index contributed by atoms with van der Waals surface area (Å²) in [5.41, 5.74) is 2.62. The van der Waals surface area contributed by atoms with Crippen LogP contribution >= 0.6 is 0 Å². The minimum Gasteiger partial charge on any atom is -0.496 e. The average molecular weight is 481 g/mol. The maximum atomic E-state index is 13.5. The number of nitrogens with one attached hydrogen (secondary N) is 1. The van der Waals surface area contributed by atoms with Crippen molar-refractivity contribution in [2.75, 3.05) is 24.8 Å². The number of carbonyl (C=O) groups is 1. The van der Waals surface area contributed by atoms with Gasteiger partial charge in [-0.1, -0.05) is 24.3 Å². The third kappa shape index (κ3) is 3.81. The lowest BCUT2D eigenvalue weighted by Gasteiger charge is -2.21. The third-order valence-electron chi connectivity index (χ3n) is 6.09. The van der Waals surface area contributed by atoms with Crippen LogP contribution in [0, 0.1) is 0 Å². The van der Waals surface area contributed by atoms with Crippen molar-refractivity contribution in [3.63, 3.8) is 0 Å². The molecule has 34 heavy (non-hydrogen) atoms. The molecule has 1 atom stereocenters. The molecular formula is C25H24N2O6S. The van der Waals surface area contributed by atoms with Crippen LogP contribution in [0.5, 0.6) is 17.2 Å². The zero-order valence-corrected chi connectivity index (χ0v) is 19.6. The number of methoxy groups -OCH3 is 1. The normalized spacial score (nSPS) is 15.1. The van der Waals surface area contributed by atoms with Crippen LogP contribution in [0.3, 0.4) is 0 Å². The molecule has 0 saturated heterocycles. The van der Waals surface area contributed by atoms with E-state index in [2.05, 4.69) is 5.32 Å². The number of amides is 1. The lowest BCUT2D eigenvalue weighted by Crippen LogP contribution is -2.30. The summed E-state index contributed by atoms with van der Waals surface area (Å²) in [6.45, 7) is 2.36. The van der Waals surface area contributed by atoms with E-state index in [0.717, 1.165) is 11.1 Å². The summed E-state index contributed by atoms with van der Waals surface area (Å²) >= 11 is 0. The van der Waals surface area contributed by atoms with Gasteiger partial charge in [0.05, 0.1) is 29.3 Å².